The van der Waals surface area contributed by atoms with Gasteiger partial charge in [0, 0.05) is 5.69 Å². The van der Waals surface area contributed by atoms with Crippen molar-refractivity contribution in [3.05, 3.63) is 53.7 Å². The molecule has 0 saturated heterocycles. The number of hydrogen-bond acceptors (Lipinski definition) is 4. The molecule has 1 N–H and O–H groups in total. The van der Waals surface area contributed by atoms with Crippen LogP contribution in [0.1, 0.15) is 30.1 Å². The van der Waals surface area contributed by atoms with Crippen molar-refractivity contribution >= 4 is 11.6 Å². The van der Waals surface area contributed by atoms with Crippen molar-refractivity contribution in [1.82, 2.24) is 10.3 Å². The van der Waals surface area contributed by atoms with Crippen LogP contribution in [0.4, 0.5) is 5.69 Å². The van der Waals surface area contributed by atoms with E-state index in [-0.39, 0.29) is 11.9 Å². The average molecular weight is 337 g/mol. The van der Waals surface area contributed by atoms with Crippen molar-refractivity contribution in [2.45, 2.75) is 25.8 Å². The molecular formula is C20H23N3O2. The van der Waals surface area contributed by atoms with Gasteiger partial charge in [-0.1, -0.05) is 30.3 Å². The molecule has 0 radical (unpaired) electrons. The van der Waals surface area contributed by atoms with E-state index in [2.05, 4.69) is 27.3 Å². The molecule has 0 unspecified atom stereocenters. The molecule has 1 aliphatic carbocycles. The fourth-order valence-electron chi connectivity index (χ4n) is 3.37. The number of nitrogens with one attached hydrogen (secondary N) is 1. The number of benzene rings is 1. The summed E-state index contributed by atoms with van der Waals surface area (Å²) in [4.78, 5) is 19.2. The molecule has 25 heavy (non-hydrogen) atoms. The molecule has 2 aliphatic rings. The van der Waals surface area contributed by atoms with Gasteiger partial charge in [0.1, 0.15) is 12.3 Å². The van der Waals surface area contributed by atoms with Gasteiger partial charge in [-0.05, 0) is 43.4 Å². The maximum Gasteiger partial charge on any atom is 0.240 e. The molecule has 1 amide bonds. The molecule has 1 aromatic carbocycles. The second-order valence-corrected chi connectivity index (χ2v) is 6.84. The third-order valence-corrected chi connectivity index (χ3v) is 4.82. The van der Waals surface area contributed by atoms with Crippen molar-refractivity contribution in [2.24, 2.45) is 5.92 Å². The molecule has 0 spiro atoms. The van der Waals surface area contributed by atoms with Crippen molar-refractivity contribution in [1.29, 1.82) is 0 Å². The van der Waals surface area contributed by atoms with Crippen LogP contribution < -0.4 is 15.0 Å². The number of pyridine rings is 1. The fraction of sp³-hybridized carbons (Fsp3) is 0.400. The van der Waals surface area contributed by atoms with Crippen LogP contribution in [-0.2, 0) is 4.79 Å². The number of fused-ring (bicyclic) bond motifs is 1. The highest BCUT2D eigenvalue weighted by molar-refractivity contribution is 5.82. The average Bonchev–Trinajstić information content (AvgIpc) is 3.45. The van der Waals surface area contributed by atoms with Gasteiger partial charge in [0.15, 0.2) is 0 Å². The molecule has 0 bridgehead atoms. The lowest BCUT2D eigenvalue weighted by atomic mass is 10.0. The van der Waals surface area contributed by atoms with Crippen LogP contribution in [0.3, 0.4) is 0 Å². The standard InChI is InChI=1S/C20H23N3O2/c1-14-7-10-17-20(21-14)25-12-11-23(17)13-18(24)22-19(16-8-9-16)15-5-3-2-4-6-15/h2-7,10,16,19H,8-9,11-13H2,1H3,(H,22,24)/t19-/m0/s1. The van der Waals surface area contributed by atoms with Crippen LogP contribution in [0.15, 0.2) is 42.5 Å². The van der Waals surface area contributed by atoms with Crippen LogP contribution in [0.5, 0.6) is 5.88 Å². The second kappa shape index (κ2) is 6.75. The molecule has 4 rings (SSSR count). The fourth-order valence-corrected chi connectivity index (χ4v) is 3.37. The minimum absolute atomic E-state index is 0.0502. The Labute approximate surface area is 148 Å². The van der Waals surface area contributed by atoms with E-state index in [9.17, 15) is 4.79 Å². The van der Waals surface area contributed by atoms with E-state index in [4.69, 9.17) is 4.74 Å². The number of ether oxygens (including phenoxy) is 1. The first-order valence-electron chi connectivity index (χ1n) is 8.90. The molecule has 1 atom stereocenters. The molecule has 1 aliphatic heterocycles. The lowest BCUT2D eigenvalue weighted by molar-refractivity contribution is -0.120. The minimum atomic E-state index is 0.0502. The lowest BCUT2D eigenvalue weighted by Crippen LogP contribution is -2.42. The van der Waals surface area contributed by atoms with Crippen LogP contribution in [-0.4, -0.2) is 30.6 Å². The maximum atomic E-state index is 12.7. The van der Waals surface area contributed by atoms with E-state index in [0.717, 1.165) is 11.4 Å². The molecule has 5 heteroatoms. The molecular weight excluding hydrogens is 314 g/mol. The number of nitrogens with zero attached hydrogens (tertiary/aromatic N) is 2. The van der Waals surface area contributed by atoms with E-state index in [1.807, 2.05) is 37.3 Å². The summed E-state index contributed by atoms with van der Waals surface area (Å²) in [5.74, 6) is 1.24. The number of amides is 1. The van der Waals surface area contributed by atoms with Crippen LogP contribution in [0, 0.1) is 12.8 Å². The quantitative estimate of drug-likeness (QED) is 0.911. The summed E-state index contributed by atoms with van der Waals surface area (Å²) in [6.07, 6.45) is 2.37. The molecule has 2 aromatic rings. The first kappa shape index (κ1) is 15.9. The zero-order valence-electron chi connectivity index (χ0n) is 14.4. The molecule has 2 heterocycles. The van der Waals surface area contributed by atoms with Gasteiger partial charge < -0.3 is 15.0 Å². The number of anilines is 1. The molecule has 130 valence electrons. The SMILES string of the molecule is Cc1ccc2c(n1)OCCN2CC(=O)N[C@@H](c1ccccc1)C1CC1. The third-order valence-electron chi connectivity index (χ3n) is 4.82. The van der Waals surface area contributed by atoms with Crippen molar-refractivity contribution in [3.63, 3.8) is 0 Å². The van der Waals surface area contributed by atoms with E-state index in [1.165, 1.54) is 18.4 Å². The first-order chi connectivity index (χ1) is 12.2. The zero-order chi connectivity index (χ0) is 17.2. The van der Waals surface area contributed by atoms with Gasteiger partial charge in [-0.2, -0.15) is 0 Å². The number of carbonyl (C=O) groups excluding carboxylic acids is 1. The van der Waals surface area contributed by atoms with E-state index >= 15 is 0 Å². The van der Waals surface area contributed by atoms with Crippen molar-refractivity contribution < 1.29 is 9.53 Å². The van der Waals surface area contributed by atoms with E-state index < -0.39 is 0 Å². The van der Waals surface area contributed by atoms with Crippen LogP contribution in [0.25, 0.3) is 0 Å². The summed E-state index contributed by atoms with van der Waals surface area (Å²) in [5.41, 5.74) is 3.01. The summed E-state index contributed by atoms with van der Waals surface area (Å²) < 4.78 is 5.63. The Morgan fingerprint density at radius 3 is 2.84 bits per heavy atom. The lowest BCUT2D eigenvalue weighted by Gasteiger charge is -2.30. The first-order valence-corrected chi connectivity index (χ1v) is 8.90. The van der Waals surface area contributed by atoms with E-state index in [1.54, 1.807) is 0 Å². The van der Waals surface area contributed by atoms with E-state index in [0.29, 0.717) is 31.5 Å². The summed E-state index contributed by atoms with van der Waals surface area (Å²) >= 11 is 0. The Balaban J connectivity index is 1.46. The summed E-state index contributed by atoms with van der Waals surface area (Å²) in [6.45, 7) is 3.53. The number of carbonyl (C=O) groups is 1. The maximum absolute atomic E-state index is 12.7. The highest BCUT2D eigenvalue weighted by atomic mass is 16.5. The Kier molecular flexibility index (Phi) is 4.30. The predicted octanol–water partition coefficient (Wildman–Crippen LogP) is 2.86. The smallest absolute Gasteiger partial charge is 0.240 e. The van der Waals surface area contributed by atoms with Gasteiger partial charge in [0.25, 0.3) is 0 Å². The number of hydrogen-bond donors (Lipinski definition) is 1. The normalized spacial score (nSPS) is 17.4. The Hall–Kier alpha value is -2.56. The minimum Gasteiger partial charge on any atom is -0.474 e. The largest absolute Gasteiger partial charge is 0.474 e. The van der Waals surface area contributed by atoms with Crippen LogP contribution in [0.2, 0.25) is 0 Å². The van der Waals surface area contributed by atoms with Gasteiger partial charge in [0.2, 0.25) is 11.8 Å². The Morgan fingerprint density at radius 2 is 2.08 bits per heavy atom. The highest BCUT2D eigenvalue weighted by Crippen LogP contribution is 2.41. The zero-order valence-corrected chi connectivity index (χ0v) is 14.4. The number of aromatic nitrogens is 1. The van der Waals surface area contributed by atoms with Gasteiger partial charge in [-0.3, -0.25) is 4.79 Å². The van der Waals surface area contributed by atoms with Gasteiger partial charge in [-0.25, -0.2) is 4.98 Å². The number of aryl methyl sites for hydroxylation is 1. The van der Waals surface area contributed by atoms with Gasteiger partial charge in [-0.15, -0.1) is 0 Å². The van der Waals surface area contributed by atoms with Crippen molar-refractivity contribution in [2.75, 3.05) is 24.6 Å². The van der Waals surface area contributed by atoms with Gasteiger partial charge >= 0.3 is 0 Å². The third kappa shape index (κ3) is 3.60. The second-order valence-electron chi connectivity index (χ2n) is 6.84. The molecule has 5 nitrogen and oxygen atoms in total. The molecule has 1 fully saturated rings. The number of rotatable bonds is 5. The summed E-state index contributed by atoms with van der Waals surface area (Å²) in [5, 5.41) is 3.24. The molecule has 1 saturated carbocycles. The summed E-state index contributed by atoms with van der Waals surface area (Å²) in [7, 11) is 0. The summed E-state index contributed by atoms with van der Waals surface area (Å²) in [6, 6.07) is 14.3. The van der Waals surface area contributed by atoms with Crippen molar-refractivity contribution in [3.8, 4) is 5.88 Å². The Morgan fingerprint density at radius 1 is 1.28 bits per heavy atom. The van der Waals surface area contributed by atoms with Crippen LogP contribution >= 0.6 is 0 Å². The van der Waals surface area contributed by atoms with Gasteiger partial charge in [0.05, 0.1) is 19.1 Å². The molecule has 1 aromatic heterocycles. The Bertz CT molecular complexity index is 759. The predicted molar refractivity (Wildman–Crippen MR) is 96.7 cm³/mol. The topological polar surface area (TPSA) is 54.5 Å². The highest BCUT2D eigenvalue weighted by Gasteiger charge is 2.33. The monoisotopic (exact) mass is 337 g/mol.